The van der Waals surface area contributed by atoms with Crippen LogP contribution in [0.4, 0.5) is 13.2 Å². The van der Waals surface area contributed by atoms with E-state index in [0.29, 0.717) is 18.4 Å². The Morgan fingerprint density at radius 1 is 1.16 bits per heavy atom. The number of nitrogens with zero attached hydrogens (tertiary/aromatic N) is 3. The van der Waals surface area contributed by atoms with Gasteiger partial charge < -0.3 is 10.8 Å². The molecule has 2 heterocycles. The van der Waals surface area contributed by atoms with E-state index in [-0.39, 0.29) is 29.5 Å². The molecule has 38 heavy (non-hydrogen) atoms. The molecule has 3 N–H and O–H groups in total. The number of halogens is 3. The molecule has 1 aliphatic carbocycles. The number of nitriles is 1. The van der Waals surface area contributed by atoms with E-state index in [4.69, 9.17) is 5.73 Å². The average molecular weight is 523 g/mol. The van der Waals surface area contributed by atoms with Gasteiger partial charge in [0.1, 0.15) is 28.8 Å². The molecule has 6 nitrogen and oxygen atoms in total. The van der Waals surface area contributed by atoms with Crippen molar-refractivity contribution in [2.75, 3.05) is 0 Å². The minimum atomic E-state index is -1.16. The van der Waals surface area contributed by atoms with Crippen molar-refractivity contribution in [2.24, 2.45) is 11.7 Å². The molecule has 4 rings (SSSR count). The molecule has 0 spiro atoms. The van der Waals surface area contributed by atoms with Gasteiger partial charge in [-0.1, -0.05) is 6.92 Å². The highest BCUT2D eigenvalue weighted by Gasteiger charge is 2.34. The molecule has 9 heteroatoms. The number of nitrogens with two attached hydrogens (primary N) is 1. The first-order valence-corrected chi connectivity index (χ1v) is 12.4. The molecular formula is C29H29F3N4O2. The van der Waals surface area contributed by atoms with Crippen molar-refractivity contribution >= 4 is 5.78 Å². The van der Waals surface area contributed by atoms with Crippen LogP contribution in [0.25, 0.3) is 11.3 Å². The Hall–Kier alpha value is -3.61. The van der Waals surface area contributed by atoms with E-state index >= 15 is 0 Å². The lowest BCUT2D eigenvalue weighted by atomic mass is 9.74. The van der Waals surface area contributed by atoms with Gasteiger partial charge in [-0.15, -0.1) is 0 Å². The second-order valence-electron chi connectivity index (χ2n) is 10.6. The lowest BCUT2D eigenvalue weighted by Gasteiger charge is -2.36. The fraction of sp³-hybridized carbons (Fsp3) is 0.379. The lowest BCUT2D eigenvalue weighted by molar-refractivity contribution is 0.0519. The molecule has 3 aromatic rings. The molecule has 4 atom stereocenters. The largest absolute Gasteiger partial charge is 0.391 e. The number of hydrogen-bond donors (Lipinski definition) is 2. The SMILES string of the molecule is C[C@H]1C[C@@H](c2ccncc2CC(=O)c2ccc(F)c(-c3c(F)cc(C(C)(C)C#N)cc3F)n2)C[C@@H](N)[C@@H]1O. The Balaban J connectivity index is 1.65. The lowest BCUT2D eigenvalue weighted by Crippen LogP contribution is -2.44. The third-order valence-electron chi connectivity index (χ3n) is 7.38. The Kier molecular flexibility index (Phi) is 7.68. The quantitative estimate of drug-likeness (QED) is 0.441. The molecule has 0 aliphatic heterocycles. The van der Waals surface area contributed by atoms with Crippen LogP contribution in [0.1, 0.15) is 66.7 Å². The van der Waals surface area contributed by atoms with Crippen molar-refractivity contribution in [1.82, 2.24) is 9.97 Å². The predicted molar refractivity (Wildman–Crippen MR) is 136 cm³/mol. The highest BCUT2D eigenvalue weighted by molar-refractivity contribution is 5.96. The summed E-state index contributed by atoms with van der Waals surface area (Å²) in [6, 6.07) is 7.49. The van der Waals surface area contributed by atoms with Crippen LogP contribution in [0.3, 0.4) is 0 Å². The summed E-state index contributed by atoms with van der Waals surface area (Å²) in [6.45, 7) is 4.95. The molecule has 1 aromatic carbocycles. The maximum Gasteiger partial charge on any atom is 0.185 e. The maximum absolute atomic E-state index is 15.0. The monoisotopic (exact) mass is 522 g/mol. The zero-order valence-electron chi connectivity index (χ0n) is 21.4. The number of rotatable bonds is 6. The van der Waals surface area contributed by atoms with E-state index < -0.39 is 52.1 Å². The molecule has 0 amide bonds. The normalized spacial score (nSPS) is 21.7. The van der Waals surface area contributed by atoms with Gasteiger partial charge in [-0.2, -0.15) is 5.26 Å². The molecule has 0 radical (unpaired) electrons. The number of carbonyl (C=O) groups is 1. The van der Waals surface area contributed by atoms with Gasteiger partial charge in [0.2, 0.25) is 0 Å². The first-order valence-electron chi connectivity index (χ1n) is 12.4. The molecule has 0 unspecified atom stereocenters. The standard InChI is InChI=1S/C29H29F3N4O2/c1-15-8-16(9-23(34)28(15)38)19-6-7-35-13-17(19)10-25(37)24-5-4-20(30)27(36-24)26-21(31)11-18(12-22(26)32)29(2,3)14-33/h4-7,11-13,15-16,23,28,38H,8-10,34H2,1-3H3/t15-,16+,23+,28+/m0/s1. The molecule has 0 saturated heterocycles. The number of hydrogen-bond acceptors (Lipinski definition) is 6. The molecular weight excluding hydrogens is 493 g/mol. The zero-order chi connectivity index (χ0) is 27.8. The van der Waals surface area contributed by atoms with E-state index in [1.807, 2.05) is 19.1 Å². The summed E-state index contributed by atoms with van der Waals surface area (Å²) in [5.41, 5.74) is 5.11. The number of carbonyl (C=O) groups excluding carboxylic acids is 1. The summed E-state index contributed by atoms with van der Waals surface area (Å²) < 4.78 is 44.7. The molecule has 2 aromatic heterocycles. The van der Waals surface area contributed by atoms with Gasteiger partial charge in [-0.25, -0.2) is 18.2 Å². The molecule has 198 valence electrons. The van der Waals surface area contributed by atoms with Gasteiger partial charge in [0, 0.05) is 24.9 Å². The number of aliphatic hydroxyl groups is 1. The second-order valence-corrected chi connectivity index (χ2v) is 10.6. The predicted octanol–water partition coefficient (Wildman–Crippen LogP) is 4.99. The van der Waals surface area contributed by atoms with Crippen molar-refractivity contribution < 1.29 is 23.1 Å². The number of Topliss-reactive ketones (excluding diaryl/α,β-unsaturated/α-hetero) is 1. The fourth-order valence-corrected chi connectivity index (χ4v) is 5.07. The Labute approximate surface area is 219 Å². The van der Waals surface area contributed by atoms with Gasteiger partial charge in [-0.3, -0.25) is 9.78 Å². The number of benzene rings is 1. The summed E-state index contributed by atoms with van der Waals surface area (Å²) in [4.78, 5) is 21.4. The molecule has 1 aliphatic rings. The summed E-state index contributed by atoms with van der Waals surface area (Å²) in [5.74, 6) is -3.63. The second kappa shape index (κ2) is 10.6. The van der Waals surface area contributed by atoms with Crippen molar-refractivity contribution in [3.05, 3.63) is 82.6 Å². The Bertz CT molecular complexity index is 1380. The third kappa shape index (κ3) is 5.33. The highest BCUT2D eigenvalue weighted by atomic mass is 19.1. The zero-order valence-corrected chi connectivity index (χ0v) is 21.4. The van der Waals surface area contributed by atoms with Crippen LogP contribution in [0, 0.1) is 34.7 Å². The average Bonchev–Trinajstić information content (AvgIpc) is 2.87. The van der Waals surface area contributed by atoms with Crippen LogP contribution in [0.15, 0.2) is 42.7 Å². The van der Waals surface area contributed by atoms with Crippen LogP contribution >= 0.6 is 0 Å². The van der Waals surface area contributed by atoms with Crippen LogP contribution in [-0.2, 0) is 11.8 Å². The molecule has 1 fully saturated rings. The fourth-order valence-electron chi connectivity index (χ4n) is 5.07. The topological polar surface area (TPSA) is 113 Å². The maximum atomic E-state index is 15.0. The highest BCUT2D eigenvalue weighted by Crippen LogP contribution is 2.37. The van der Waals surface area contributed by atoms with E-state index in [9.17, 15) is 28.3 Å². The summed E-state index contributed by atoms with van der Waals surface area (Å²) in [5, 5.41) is 19.5. The van der Waals surface area contributed by atoms with Gasteiger partial charge in [-0.05, 0) is 85.5 Å². The number of aromatic nitrogens is 2. The van der Waals surface area contributed by atoms with Crippen molar-refractivity contribution in [2.45, 2.75) is 63.5 Å². The van der Waals surface area contributed by atoms with Crippen molar-refractivity contribution in [1.29, 1.82) is 5.26 Å². The third-order valence-corrected chi connectivity index (χ3v) is 7.38. The first-order chi connectivity index (χ1) is 17.9. The van der Waals surface area contributed by atoms with E-state index in [2.05, 4.69) is 9.97 Å². The molecule has 0 bridgehead atoms. The van der Waals surface area contributed by atoms with Gasteiger partial charge in [0.15, 0.2) is 5.78 Å². The van der Waals surface area contributed by atoms with Gasteiger partial charge in [0.25, 0.3) is 0 Å². The summed E-state index contributed by atoms with van der Waals surface area (Å²) in [6.07, 6.45) is 3.74. The van der Waals surface area contributed by atoms with E-state index in [1.165, 1.54) is 19.9 Å². The summed E-state index contributed by atoms with van der Waals surface area (Å²) in [7, 11) is 0. The summed E-state index contributed by atoms with van der Waals surface area (Å²) >= 11 is 0. The minimum absolute atomic E-state index is 0.0169. The first kappa shape index (κ1) is 27.4. The smallest absolute Gasteiger partial charge is 0.185 e. The number of aliphatic hydroxyl groups excluding tert-OH is 1. The van der Waals surface area contributed by atoms with Crippen LogP contribution in [-0.4, -0.2) is 33.0 Å². The van der Waals surface area contributed by atoms with Crippen LogP contribution in [0.2, 0.25) is 0 Å². The van der Waals surface area contributed by atoms with Gasteiger partial charge >= 0.3 is 0 Å². The van der Waals surface area contributed by atoms with Crippen molar-refractivity contribution in [3.8, 4) is 17.3 Å². The minimum Gasteiger partial charge on any atom is -0.391 e. The Morgan fingerprint density at radius 2 is 1.84 bits per heavy atom. The van der Waals surface area contributed by atoms with Crippen LogP contribution in [0.5, 0.6) is 0 Å². The number of ketones is 1. The van der Waals surface area contributed by atoms with Crippen LogP contribution < -0.4 is 5.73 Å². The van der Waals surface area contributed by atoms with Crippen molar-refractivity contribution in [3.63, 3.8) is 0 Å². The Morgan fingerprint density at radius 3 is 2.47 bits per heavy atom. The van der Waals surface area contributed by atoms with E-state index in [0.717, 1.165) is 23.8 Å². The molecule has 1 saturated carbocycles. The van der Waals surface area contributed by atoms with E-state index in [1.54, 1.807) is 12.4 Å². The number of pyridine rings is 2. The van der Waals surface area contributed by atoms with Gasteiger partial charge in [0.05, 0.1) is 23.2 Å².